The molecule has 0 atom stereocenters. The standard InChI is InChI=1S/C13H22N4O3/c1-13(2,17-7-3-4-8-17)12(19)14-6-5-10-15-11(9-18)20-16-10/h18H,3-9H2,1-2H3,(H,14,19). The number of nitrogens with zero attached hydrogens (tertiary/aromatic N) is 3. The summed E-state index contributed by atoms with van der Waals surface area (Å²) < 4.78 is 4.79. The number of carbonyl (C=O) groups is 1. The Bertz CT molecular complexity index is 452. The molecular formula is C13H22N4O3. The smallest absolute Gasteiger partial charge is 0.252 e. The Kier molecular flexibility index (Phi) is 4.72. The molecule has 2 N–H and O–H groups in total. The first-order valence-corrected chi connectivity index (χ1v) is 6.99. The van der Waals surface area contributed by atoms with Gasteiger partial charge in [-0.25, -0.2) is 0 Å². The van der Waals surface area contributed by atoms with E-state index in [-0.39, 0.29) is 18.4 Å². The van der Waals surface area contributed by atoms with E-state index in [1.165, 1.54) is 0 Å². The van der Waals surface area contributed by atoms with E-state index in [1.54, 1.807) is 0 Å². The maximum atomic E-state index is 12.2. The first-order chi connectivity index (χ1) is 9.54. The summed E-state index contributed by atoms with van der Waals surface area (Å²) in [6.45, 7) is 6.05. The number of carbonyl (C=O) groups excluding carboxylic acids is 1. The number of aromatic nitrogens is 2. The minimum Gasteiger partial charge on any atom is -0.387 e. The minimum absolute atomic E-state index is 0.0188. The molecule has 0 saturated carbocycles. The number of likely N-dealkylation sites (tertiary alicyclic amines) is 1. The third-order valence-corrected chi connectivity index (χ3v) is 3.73. The quantitative estimate of drug-likeness (QED) is 0.768. The van der Waals surface area contributed by atoms with E-state index in [1.807, 2.05) is 13.8 Å². The second-order valence-corrected chi connectivity index (χ2v) is 5.52. The lowest BCUT2D eigenvalue weighted by atomic mass is 10.0. The van der Waals surface area contributed by atoms with Crippen LogP contribution in [0.1, 0.15) is 38.4 Å². The van der Waals surface area contributed by atoms with Gasteiger partial charge in [0.25, 0.3) is 5.89 Å². The lowest BCUT2D eigenvalue weighted by molar-refractivity contribution is -0.131. The van der Waals surface area contributed by atoms with Crippen LogP contribution in [-0.2, 0) is 17.8 Å². The van der Waals surface area contributed by atoms with Gasteiger partial charge in [-0.3, -0.25) is 9.69 Å². The summed E-state index contributed by atoms with van der Waals surface area (Å²) in [5, 5.41) is 15.4. The van der Waals surface area contributed by atoms with Gasteiger partial charge >= 0.3 is 0 Å². The van der Waals surface area contributed by atoms with E-state index < -0.39 is 5.54 Å². The summed E-state index contributed by atoms with van der Waals surface area (Å²) in [6, 6.07) is 0. The molecule has 112 valence electrons. The fraction of sp³-hybridized carbons (Fsp3) is 0.769. The van der Waals surface area contributed by atoms with Crippen molar-refractivity contribution in [3.8, 4) is 0 Å². The highest BCUT2D eigenvalue weighted by molar-refractivity contribution is 5.85. The molecule has 0 unspecified atom stereocenters. The Balaban J connectivity index is 1.79. The van der Waals surface area contributed by atoms with Gasteiger partial charge < -0.3 is 14.9 Å². The second-order valence-electron chi connectivity index (χ2n) is 5.52. The minimum atomic E-state index is -0.482. The van der Waals surface area contributed by atoms with Gasteiger partial charge in [0.1, 0.15) is 6.61 Å². The predicted molar refractivity (Wildman–Crippen MR) is 71.8 cm³/mol. The Labute approximate surface area is 118 Å². The summed E-state index contributed by atoms with van der Waals surface area (Å²) >= 11 is 0. The lowest BCUT2D eigenvalue weighted by Gasteiger charge is -2.33. The van der Waals surface area contributed by atoms with Crippen molar-refractivity contribution in [3.05, 3.63) is 11.7 Å². The van der Waals surface area contributed by atoms with Crippen LogP contribution >= 0.6 is 0 Å². The summed E-state index contributed by atoms with van der Waals surface area (Å²) in [5.74, 6) is 0.710. The van der Waals surface area contributed by atoms with Crippen LogP contribution in [0.5, 0.6) is 0 Å². The van der Waals surface area contributed by atoms with Crippen molar-refractivity contribution >= 4 is 5.91 Å². The van der Waals surface area contributed by atoms with Crippen LogP contribution in [0.2, 0.25) is 0 Å². The highest BCUT2D eigenvalue weighted by Gasteiger charge is 2.35. The third-order valence-electron chi connectivity index (χ3n) is 3.73. The second kappa shape index (κ2) is 6.32. The average Bonchev–Trinajstić information content (AvgIpc) is 3.10. The summed E-state index contributed by atoms with van der Waals surface area (Å²) in [7, 11) is 0. The van der Waals surface area contributed by atoms with Crippen molar-refractivity contribution in [1.29, 1.82) is 0 Å². The van der Waals surface area contributed by atoms with Crippen molar-refractivity contribution in [3.63, 3.8) is 0 Å². The van der Waals surface area contributed by atoms with Crippen molar-refractivity contribution < 1.29 is 14.4 Å². The number of hydrogen-bond donors (Lipinski definition) is 2. The molecule has 2 rings (SSSR count). The first-order valence-electron chi connectivity index (χ1n) is 6.99. The lowest BCUT2D eigenvalue weighted by Crippen LogP contribution is -2.54. The van der Waals surface area contributed by atoms with Crippen molar-refractivity contribution in [2.24, 2.45) is 0 Å². The fourth-order valence-corrected chi connectivity index (χ4v) is 2.38. The van der Waals surface area contributed by atoms with Crippen molar-refractivity contribution in [2.75, 3.05) is 19.6 Å². The molecule has 1 fully saturated rings. The number of hydrogen-bond acceptors (Lipinski definition) is 6. The molecule has 7 nitrogen and oxygen atoms in total. The Morgan fingerprint density at radius 3 is 2.75 bits per heavy atom. The zero-order valence-electron chi connectivity index (χ0n) is 12.1. The number of rotatable bonds is 6. The Morgan fingerprint density at radius 2 is 2.15 bits per heavy atom. The highest BCUT2D eigenvalue weighted by atomic mass is 16.5. The molecular weight excluding hydrogens is 260 g/mol. The summed E-state index contributed by atoms with van der Waals surface area (Å²) in [4.78, 5) is 18.4. The Morgan fingerprint density at radius 1 is 1.45 bits per heavy atom. The first kappa shape index (κ1) is 14.9. The van der Waals surface area contributed by atoms with E-state index in [0.29, 0.717) is 18.8 Å². The van der Waals surface area contributed by atoms with Crippen molar-refractivity contribution in [2.45, 2.75) is 45.3 Å². The van der Waals surface area contributed by atoms with Gasteiger partial charge in [-0.1, -0.05) is 5.16 Å². The third kappa shape index (κ3) is 3.34. The maximum absolute atomic E-state index is 12.2. The van der Waals surface area contributed by atoms with Gasteiger partial charge in [0.15, 0.2) is 5.82 Å². The number of aliphatic hydroxyl groups excluding tert-OH is 1. The van der Waals surface area contributed by atoms with E-state index in [9.17, 15) is 4.79 Å². The maximum Gasteiger partial charge on any atom is 0.252 e. The number of amides is 1. The SMILES string of the molecule is CC(C)(C(=O)NCCc1noc(CO)n1)N1CCCC1. The average molecular weight is 282 g/mol. The molecule has 1 aromatic heterocycles. The van der Waals surface area contributed by atoms with E-state index in [0.717, 1.165) is 25.9 Å². The highest BCUT2D eigenvalue weighted by Crippen LogP contribution is 2.20. The zero-order chi connectivity index (χ0) is 14.6. The molecule has 2 heterocycles. The molecule has 0 aromatic carbocycles. The number of nitrogens with one attached hydrogen (secondary N) is 1. The van der Waals surface area contributed by atoms with E-state index >= 15 is 0 Å². The Hall–Kier alpha value is -1.47. The molecule has 0 radical (unpaired) electrons. The van der Waals surface area contributed by atoms with Crippen LogP contribution in [0.4, 0.5) is 0 Å². The molecule has 20 heavy (non-hydrogen) atoms. The summed E-state index contributed by atoms with van der Waals surface area (Å²) in [6.07, 6.45) is 2.80. The van der Waals surface area contributed by atoms with Crippen molar-refractivity contribution in [1.82, 2.24) is 20.4 Å². The van der Waals surface area contributed by atoms with Crippen LogP contribution in [0, 0.1) is 0 Å². The monoisotopic (exact) mass is 282 g/mol. The molecule has 0 aliphatic carbocycles. The van der Waals surface area contributed by atoms with Crippen LogP contribution in [0.15, 0.2) is 4.52 Å². The molecule has 1 aliphatic heterocycles. The number of aliphatic hydroxyl groups is 1. The van der Waals surface area contributed by atoms with Gasteiger partial charge in [0.2, 0.25) is 5.91 Å². The summed E-state index contributed by atoms with van der Waals surface area (Å²) in [5.41, 5.74) is -0.482. The van der Waals surface area contributed by atoms with Crippen LogP contribution < -0.4 is 5.32 Å². The normalized spacial score (nSPS) is 16.6. The topological polar surface area (TPSA) is 91.5 Å². The predicted octanol–water partition coefficient (Wildman–Crippen LogP) is 0.0950. The van der Waals surface area contributed by atoms with Gasteiger partial charge in [0, 0.05) is 13.0 Å². The van der Waals surface area contributed by atoms with Crippen LogP contribution in [-0.4, -0.2) is 51.2 Å². The van der Waals surface area contributed by atoms with E-state index in [2.05, 4.69) is 20.4 Å². The molecule has 7 heteroatoms. The van der Waals surface area contributed by atoms with E-state index in [4.69, 9.17) is 9.63 Å². The van der Waals surface area contributed by atoms with Gasteiger partial charge in [-0.15, -0.1) is 0 Å². The molecule has 0 spiro atoms. The molecule has 1 amide bonds. The zero-order valence-corrected chi connectivity index (χ0v) is 12.1. The van der Waals surface area contributed by atoms with Gasteiger partial charge in [-0.2, -0.15) is 4.98 Å². The fourth-order valence-electron chi connectivity index (χ4n) is 2.38. The molecule has 1 aliphatic rings. The molecule has 1 aromatic rings. The van der Waals surface area contributed by atoms with Gasteiger partial charge in [0.05, 0.1) is 5.54 Å². The van der Waals surface area contributed by atoms with Gasteiger partial charge in [-0.05, 0) is 39.8 Å². The molecule has 1 saturated heterocycles. The molecule has 0 bridgehead atoms. The largest absolute Gasteiger partial charge is 0.387 e. The van der Waals surface area contributed by atoms with Crippen LogP contribution in [0.3, 0.4) is 0 Å². The van der Waals surface area contributed by atoms with Crippen LogP contribution in [0.25, 0.3) is 0 Å².